The molecule has 2 aromatic carbocycles. The van der Waals surface area contributed by atoms with Crippen LogP contribution in [0.4, 0.5) is 0 Å². The zero-order valence-corrected chi connectivity index (χ0v) is 20.4. The van der Waals surface area contributed by atoms with Crippen molar-refractivity contribution in [3.8, 4) is 17.2 Å². The van der Waals surface area contributed by atoms with Crippen LogP contribution in [0.1, 0.15) is 68.9 Å². The standard InChI is InChI=1S/C26H31ClO4.CH4O/c1-26(18-28)13-12-20-8-10-22(17-25(20)31-26)29-14-5-15-30-24-11-9-21(16-23(24)27)19-6-3-2-4-7-19;1-2/h8-11,16-19H,2-7,12-15H2,1H3;2H,1H3. The van der Waals surface area contributed by atoms with Crippen molar-refractivity contribution in [3.05, 3.63) is 52.5 Å². The molecule has 180 valence electrons. The molecule has 0 radical (unpaired) electrons. The summed E-state index contributed by atoms with van der Waals surface area (Å²) >= 11 is 6.46. The van der Waals surface area contributed by atoms with Gasteiger partial charge >= 0.3 is 0 Å². The summed E-state index contributed by atoms with van der Waals surface area (Å²) in [5, 5.41) is 7.69. The molecule has 1 aliphatic carbocycles. The lowest BCUT2D eigenvalue weighted by Gasteiger charge is -2.31. The fourth-order valence-corrected chi connectivity index (χ4v) is 4.69. The highest BCUT2D eigenvalue weighted by Crippen LogP contribution is 2.37. The first-order valence-corrected chi connectivity index (χ1v) is 12.2. The molecule has 2 aliphatic rings. The van der Waals surface area contributed by atoms with Gasteiger partial charge < -0.3 is 19.3 Å². The fourth-order valence-electron chi connectivity index (χ4n) is 4.45. The van der Waals surface area contributed by atoms with Crippen LogP contribution in [0.15, 0.2) is 36.4 Å². The van der Waals surface area contributed by atoms with Crippen molar-refractivity contribution < 1.29 is 24.1 Å². The number of ether oxygens (including phenoxy) is 3. The first-order valence-electron chi connectivity index (χ1n) is 11.8. The lowest BCUT2D eigenvalue weighted by atomic mass is 9.84. The fraction of sp³-hybridized carbons (Fsp3) is 0.519. The van der Waals surface area contributed by atoms with E-state index in [1.807, 2.05) is 31.2 Å². The summed E-state index contributed by atoms with van der Waals surface area (Å²) in [6.07, 6.45) is 9.65. The molecule has 0 bridgehead atoms. The second-order valence-electron chi connectivity index (χ2n) is 8.88. The van der Waals surface area contributed by atoms with E-state index in [4.69, 9.17) is 30.9 Å². The molecule has 0 spiro atoms. The molecule has 1 atom stereocenters. The summed E-state index contributed by atoms with van der Waals surface area (Å²) in [5.41, 5.74) is 1.70. The van der Waals surface area contributed by atoms with Crippen molar-refractivity contribution in [2.45, 2.75) is 69.8 Å². The van der Waals surface area contributed by atoms with Gasteiger partial charge in [0.25, 0.3) is 0 Å². The van der Waals surface area contributed by atoms with E-state index < -0.39 is 5.60 Å². The lowest BCUT2D eigenvalue weighted by molar-refractivity contribution is -0.121. The van der Waals surface area contributed by atoms with E-state index in [9.17, 15) is 4.79 Å². The van der Waals surface area contributed by atoms with Gasteiger partial charge in [0.05, 0.1) is 18.2 Å². The molecule has 1 N–H and O–H groups in total. The van der Waals surface area contributed by atoms with E-state index in [0.29, 0.717) is 30.6 Å². The number of hydrogen-bond acceptors (Lipinski definition) is 5. The number of aliphatic hydroxyl groups is 1. The Labute approximate surface area is 202 Å². The smallest absolute Gasteiger partial charge is 0.163 e. The molecule has 1 aliphatic heterocycles. The maximum Gasteiger partial charge on any atom is 0.163 e. The number of aldehydes is 1. The van der Waals surface area contributed by atoms with Gasteiger partial charge in [-0.3, -0.25) is 4.79 Å². The van der Waals surface area contributed by atoms with Gasteiger partial charge in [0, 0.05) is 19.6 Å². The second kappa shape index (κ2) is 12.3. The Hall–Kier alpha value is -2.24. The topological polar surface area (TPSA) is 65.0 Å². The summed E-state index contributed by atoms with van der Waals surface area (Å²) in [5.74, 6) is 2.85. The van der Waals surface area contributed by atoms with E-state index in [-0.39, 0.29) is 0 Å². The Morgan fingerprint density at radius 1 is 1.09 bits per heavy atom. The molecule has 0 aromatic heterocycles. The van der Waals surface area contributed by atoms with Gasteiger partial charge in [-0.25, -0.2) is 0 Å². The van der Waals surface area contributed by atoms with Crippen LogP contribution < -0.4 is 14.2 Å². The molecule has 1 unspecified atom stereocenters. The molecule has 1 saturated carbocycles. The van der Waals surface area contributed by atoms with Crippen molar-refractivity contribution in [1.82, 2.24) is 0 Å². The number of hydrogen-bond donors (Lipinski definition) is 1. The van der Waals surface area contributed by atoms with Gasteiger partial charge in [0.15, 0.2) is 11.9 Å². The molecule has 1 fully saturated rings. The highest BCUT2D eigenvalue weighted by molar-refractivity contribution is 6.32. The van der Waals surface area contributed by atoms with Gasteiger partial charge in [0.1, 0.15) is 17.2 Å². The third-order valence-electron chi connectivity index (χ3n) is 6.37. The number of carbonyl (C=O) groups excluding carboxylic acids is 1. The number of aliphatic hydroxyl groups excluding tert-OH is 1. The van der Waals surface area contributed by atoms with Gasteiger partial charge in [-0.1, -0.05) is 43.0 Å². The molecule has 0 amide bonds. The van der Waals surface area contributed by atoms with Crippen LogP contribution in [-0.2, 0) is 11.2 Å². The molecular formula is C27H35ClO5. The van der Waals surface area contributed by atoms with Crippen LogP contribution in [0.25, 0.3) is 0 Å². The number of halogens is 1. The first-order chi connectivity index (χ1) is 16.1. The van der Waals surface area contributed by atoms with E-state index in [1.165, 1.54) is 37.7 Å². The third kappa shape index (κ3) is 6.87. The van der Waals surface area contributed by atoms with Crippen molar-refractivity contribution >= 4 is 17.9 Å². The van der Waals surface area contributed by atoms with Crippen molar-refractivity contribution in [2.75, 3.05) is 20.3 Å². The van der Waals surface area contributed by atoms with Gasteiger partial charge in [0.2, 0.25) is 0 Å². The Morgan fingerprint density at radius 3 is 2.58 bits per heavy atom. The number of rotatable bonds is 8. The maximum atomic E-state index is 11.3. The lowest BCUT2D eigenvalue weighted by Crippen LogP contribution is -2.37. The van der Waals surface area contributed by atoms with Crippen molar-refractivity contribution in [2.24, 2.45) is 0 Å². The minimum absolute atomic E-state index is 0.529. The average Bonchev–Trinajstić information content (AvgIpc) is 2.86. The molecule has 2 aromatic rings. The Morgan fingerprint density at radius 2 is 1.85 bits per heavy atom. The van der Waals surface area contributed by atoms with Gasteiger partial charge in [-0.2, -0.15) is 0 Å². The second-order valence-corrected chi connectivity index (χ2v) is 9.28. The highest BCUT2D eigenvalue weighted by Gasteiger charge is 2.31. The third-order valence-corrected chi connectivity index (χ3v) is 6.66. The Balaban J connectivity index is 0.00000149. The SMILES string of the molecule is CC1(C=O)CCc2ccc(OCCCOc3ccc(C4CCCCC4)cc3Cl)cc2O1.CO. The Kier molecular flexibility index (Phi) is 9.45. The first kappa shape index (κ1) is 25.4. The van der Waals surface area contributed by atoms with E-state index in [2.05, 4.69) is 12.1 Å². The van der Waals surface area contributed by atoms with Crippen LogP contribution in [0.3, 0.4) is 0 Å². The Bertz CT molecular complexity index is 909. The highest BCUT2D eigenvalue weighted by atomic mass is 35.5. The normalized spacial score (nSPS) is 20.0. The molecule has 1 heterocycles. The predicted molar refractivity (Wildman–Crippen MR) is 131 cm³/mol. The molecule has 6 heteroatoms. The summed E-state index contributed by atoms with van der Waals surface area (Å²) in [4.78, 5) is 11.3. The minimum atomic E-state index is -0.745. The average molecular weight is 475 g/mol. The molecule has 4 rings (SSSR count). The zero-order valence-electron chi connectivity index (χ0n) is 19.6. The molecule has 0 saturated heterocycles. The van der Waals surface area contributed by atoms with Gasteiger partial charge in [-0.15, -0.1) is 0 Å². The summed E-state index contributed by atoms with van der Waals surface area (Å²) in [6.45, 7) is 2.88. The maximum absolute atomic E-state index is 11.3. The van der Waals surface area contributed by atoms with Crippen molar-refractivity contribution in [1.29, 1.82) is 0 Å². The quantitative estimate of drug-likeness (QED) is 0.368. The number of aryl methyl sites for hydroxylation is 1. The van der Waals surface area contributed by atoms with Crippen LogP contribution in [0.5, 0.6) is 17.2 Å². The van der Waals surface area contributed by atoms with Crippen LogP contribution in [0, 0.1) is 0 Å². The summed E-state index contributed by atoms with van der Waals surface area (Å²) in [6, 6.07) is 12.1. The minimum Gasteiger partial charge on any atom is -0.493 e. The summed E-state index contributed by atoms with van der Waals surface area (Å²) in [7, 11) is 1.00. The monoisotopic (exact) mass is 474 g/mol. The summed E-state index contributed by atoms with van der Waals surface area (Å²) < 4.78 is 17.6. The molecule has 33 heavy (non-hydrogen) atoms. The van der Waals surface area contributed by atoms with Crippen molar-refractivity contribution in [3.63, 3.8) is 0 Å². The number of carbonyl (C=O) groups is 1. The van der Waals surface area contributed by atoms with E-state index in [0.717, 1.165) is 49.0 Å². The van der Waals surface area contributed by atoms with E-state index in [1.54, 1.807) is 0 Å². The number of fused-ring (bicyclic) bond motifs is 1. The van der Waals surface area contributed by atoms with Crippen LogP contribution in [-0.4, -0.2) is 37.3 Å². The van der Waals surface area contributed by atoms with E-state index >= 15 is 0 Å². The molecular weight excluding hydrogens is 440 g/mol. The van der Waals surface area contributed by atoms with Gasteiger partial charge in [-0.05, 0) is 67.9 Å². The zero-order chi connectivity index (χ0) is 23.7. The largest absolute Gasteiger partial charge is 0.493 e. The predicted octanol–water partition coefficient (Wildman–Crippen LogP) is 6.13. The van der Waals surface area contributed by atoms with Crippen LogP contribution >= 0.6 is 11.6 Å². The number of benzene rings is 2. The molecule has 5 nitrogen and oxygen atoms in total. The van der Waals surface area contributed by atoms with Crippen LogP contribution in [0.2, 0.25) is 5.02 Å².